The summed E-state index contributed by atoms with van der Waals surface area (Å²) in [5, 5.41) is 7.21. The molecule has 0 fully saturated rings. The summed E-state index contributed by atoms with van der Waals surface area (Å²) in [7, 11) is 0. The minimum Gasteiger partial charge on any atom is -0.487 e. The van der Waals surface area contributed by atoms with Crippen molar-refractivity contribution in [2.75, 3.05) is 5.32 Å². The molecular weight excluding hydrogens is 318 g/mol. The van der Waals surface area contributed by atoms with Crippen molar-refractivity contribution in [1.82, 2.24) is 10.3 Å². The topological polar surface area (TPSA) is 46.2 Å². The van der Waals surface area contributed by atoms with Crippen LogP contribution in [0.2, 0.25) is 0 Å². The lowest BCUT2D eigenvalue weighted by Crippen LogP contribution is -2.42. The standard InChI is InChI=1S/C19H23N3OS/c1-12-7-8-16-14(10-12)15(11-19(3,4)23-16)21-18(24)22-17-13(2)6-5-9-20-17/h5-10,15H,11H2,1-4H3,(H2,20,21,22,24)/t15-/m0/s1. The molecule has 0 aliphatic carbocycles. The van der Waals surface area contributed by atoms with Gasteiger partial charge in [0.05, 0.1) is 6.04 Å². The van der Waals surface area contributed by atoms with Crippen molar-refractivity contribution in [2.45, 2.75) is 45.8 Å². The molecular formula is C19H23N3OS. The summed E-state index contributed by atoms with van der Waals surface area (Å²) in [6, 6.07) is 10.3. The molecule has 2 N–H and O–H groups in total. The van der Waals surface area contributed by atoms with Crippen LogP contribution < -0.4 is 15.4 Å². The fourth-order valence-electron chi connectivity index (χ4n) is 3.02. The maximum Gasteiger partial charge on any atom is 0.172 e. The number of thiocarbonyl (C=S) groups is 1. The number of benzene rings is 1. The van der Waals surface area contributed by atoms with Gasteiger partial charge in [-0.2, -0.15) is 0 Å². The summed E-state index contributed by atoms with van der Waals surface area (Å²) in [6.45, 7) is 8.30. The van der Waals surface area contributed by atoms with E-state index in [-0.39, 0.29) is 11.6 Å². The van der Waals surface area contributed by atoms with Crippen molar-refractivity contribution in [3.8, 4) is 5.75 Å². The Balaban J connectivity index is 1.80. The van der Waals surface area contributed by atoms with E-state index in [1.54, 1.807) is 6.20 Å². The van der Waals surface area contributed by atoms with E-state index in [1.165, 1.54) is 5.56 Å². The first kappa shape index (κ1) is 16.7. The molecule has 0 unspecified atom stereocenters. The van der Waals surface area contributed by atoms with Crippen LogP contribution >= 0.6 is 12.2 Å². The van der Waals surface area contributed by atoms with Crippen LogP contribution in [0.25, 0.3) is 0 Å². The molecule has 0 saturated carbocycles. The molecule has 1 atom stereocenters. The Kier molecular flexibility index (Phi) is 4.45. The summed E-state index contributed by atoms with van der Waals surface area (Å²) < 4.78 is 6.11. The molecule has 0 radical (unpaired) electrons. The van der Waals surface area contributed by atoms with Crippen LogP contribution in [0.1, 0.15) is 43.0 Å². The Morgan fingerprint density at radius 1 is 1.29 bits per heavy atom. The van der Waals surface area contributed by atoms with Gasteiger partial charge >= 0.3 is 0 Å². The van der Waals surface area contributed by atoms with Gasteiger partial charge in [0.15, 0.2) is 5.11 Å². The van der Waals surface area contributed by atoms with E-state index in [0.29, 0.717) is 5.11 Å². The van der Waals surface area contributed by atoms with Crippen LogP contribution in [0.4, 0.5) is 5.82 Å². The number of aromatic nitrogens is 1. The van der Waals surface area contributed by atoms with Crippen molar-refractivity contribution in [3.63, 3.8) is 0 Å². The number of nitrogens with zero attached hydrogens (tertiary/aromatic N) is 1. The van der Waals surface area contributed by atoms with Crippen LogP contribution in [-0.2, 0) is 0 Å². The highest BCUT2D eigenvalue weighted by Crippen LogP contribution is 2.39. The normalized spacial score (nSPS) is 18.2. The van der Waals surface area contributed by atoms with Gasteiger partial charge in [-0.25, -0.2) is 4.98 Å². The van der Waals surface area contributed by atoms with Crippen molar-refractivity contribution in [1.29, 1.82) is 0 Å². The van der Waals surface area contributed by atoms with Gasteiger partial charge in [-0.1, -0.05) is 23.8 Å². The van der Waals surface area contributed by atoms with Crippen molar-refractivity contribution in [2.24, 2.45) is 0 Å². The number of ether oxygens (including phenoxy) is 1. The van der Waals surface area contributed by atoms with Crippen LogP contribution in [0, 0.1) is 13.8 Å². The summed E-state index contributed by atoms with van der Waals surface area (Å²) >= 11 is 5.51. The van der Waals surface area contributed by atoms with Crippen LogP contribution in [0.15, 0.2) is 36.5 Å². The molecule has 24 heavy (non-hydrogen) atoms. The van der Waals surface area contributed by atoms with Crippen LogP contribution in [0.5, 0.6) is 5.75 Å². The molecule has 0 saturated heterocycles. The van der Waals surface area contributed by atoms with Crippen molar-refractivity contribution in [3.05, 3.63) is 53.2 Å². The first-order chi connectivity index (χ1) is 11.3. The first-order valence-electron chi connectivity index (χ1n) is 8.13. The Labute approximate surface area is 148 Å². The largest absolute Gasteiger partial charge is 0.487 e. The number of nitrogens with one attached hydrogen (secondary N) is 2. The second kappa shape index (κ2) is 6.40. The minimum absolute atomic E-state index is 0.104. The summed E-state index contributed by atoms with van der Waals surface area (Å²) in [6.07, 6.45) is 2.60. The molecule has 2 aromatic rings. The molecule has 1 aliphatic rings. The fraction of sp³-hybridized carbons (Fsp3) is 0.368. The summed E-state index contributed by atoms with van der Waals surface area (Å²) in [5.41, 5.74) is 3.18. The number of rotatable bonds is 2. The van der Waals surface area contributed by atoms with E-state index in [4.69, 9.17) is 17.0 Å². The zero-order chi connectivity index (χ0) is 17.3. The first-order valence-corrected chi connectivity index (χ1v) is 8.53. The molecule has 5 heteroatoms. The highest BCUT2D eigenvalue weighted by Gasteiger charge is 2.34. The SMILES string of the molecule is Cc1ccc2c(c1)[C@@H](NC(=S)Nc1ncccc1C)CC(C)(C)O2. The second-order valence-corrected chi connectivity index (χ2v) is 7.34. The van der Waals surface area contributed by atoms with E-state index >= 15 is 0 Å². The molecule has 3 rings (SSSR count). The number of aryl methyl sites for hydroxylation is 2. The number of anilines is 1. The van der Waals surface area contributed by atoms with Gasteiger partial charge in [-0.05, 0) is 57.6 Å². The summed E-state index contributed by atoms with van der Waals surface area (Å²) in [5.74, 6) is 1.71. The van der Waals surface area contributed by atoms with E-state index in [0.717, 1.165) is 29.1 Å². The lowest BCUT2D eigenvalue weighted by atomic mass is 9.89. The van der Waals surface area contributed by atoms with Gasteiger partial charge in [-0.3, -0.25) is 0 Å². The maximum atomic E-state index is 6.11. The number of hydrogen-bond donors (Lipinski definition) is 2. The Morgan fingerprint density at radius 2 is 2.08 bits per heavy atom. The lowest BCUT2D eigenvalue weighted by Gasteiger charge is -2.38. The highest BCUT2D eigenvalue weighted by atomic mass is 32.1. The molecule has 2 heterocycles. The van der Waals surface area contributed by atoms with Gasteiger partial charge in [0.25, 0.3) is 0 Å². The van der Waals surface area contributed by atoms with Crippen LogP contribution in [0.3, 0.4) is 0 Å². The van der Waals surface area contributed by atoms with Gasteiger partial charge < -0.3 is 15.4 Å². The predicted molar refractivity (Wildman–Crippen MR) is 102 cm³/mol. The van der Waals surface area contributed by atoms with Gasteiger partial charge in [-0.15, -0.1) is 0 Å². The third-order valence-electron chi connectivity index (χ3n) is 4.17. The number of pyridine rings is 1. The number of hydrogen-bond acceptors (Lipinski definition) is 3. The Morgan fingerprint density at radius 3 is 2.83 bits per heavy atom. The molecule has 1 aromatic heterocycles. The zero-order valence-corrected chi connectivity index (χ0v) is 15.3. The van der Waals surface area contributed by atoms with E-state index in [2.05, 4.69) is 48.5 Å². The second-order valence-electron chi connectivity index (χ2n) is 6.93. The van der Waals surface area contributed by atoms with Gasteiger partial charge in [0.1, 0.15) is 17.2 Å². The molecule has 1 aliphatic heterocycles. The molecule has 0 spiro atoms. The van der Waals surface area contributed by atoms with E-state index in [9.17, 15) is 0 Å². The average molecular weight is 341 g/mol. The molecule has 1 aromatic carbocycles. The number of fused-ring (bicyclic) bond motifs is 1. The minimum atomic E-state index is -0.240. The predicted octanol–water partition coefficient (Wildman–Crippen LogP) is 4.29. The fourth-order valence-corrected chi connectivity index (χ4v) is 3.26. The maximum absolute atomic E-state index is 6.11. The smallest absolute Gasteiger partial charge is 0.172 e. The third kappa shape index (κ3) is 3.67. The van der Waals surface area contributed by atoms with Crippen molar-refractivity contribution < 1.29 is 4.74 Å². The van der Waals surface area contributed by atoms with E-state index in [1.807, 2.05) is 25.1 Å². The molecule has 0 amide bonds. The Bertz CT molecular complexity index is 773. The average Bonchev–Trinajstić information content (AvgIpc) is 2.49. The molecule has 4 nitrogen and oxygen atoms in total. The van der Waals surface area contributed by atoms with Gasteiger partial charge in [0.2, 0.25) is 0 Å². The molecule has 0 bridgehead atoms. The lowest BCUT2D eigenvalue weighted by molar-refractivity contribution is 0.0696. The molecule has 126 valence electrons. The Hall–Kier alpha value is -2.14. The third-order valence-corrected chi connectivity index (χ3v) is 4.39. The highest BCUT2D eigenvalue weighted by molar-refractivity contribution is 7.80. The van der Waals surface area contributed by atoms with Crippen molar-refractivity contribution >= 4 is 23.1 Å². The van der Waals surface area contributed by atoms with Gasteiger partial charge in [0, 0.05) is 18.2 Å². The van der Waals surface area contributed by atoms with E-state index < -0.39 is 0 Å². The van der Waals surface area contributed by atoms with Crippen LogP contribution in [-0.4, -0.2) is 15.7 Å². The quantitative estimate of drug-likeness (QED) is 0.798. The monoisotopic (exact) mass is 341 g/mol. The summed E-state index contributed by atoms with van der Waals surface area (Å²) in [4.78, 5) is 4.34. The zero-order valence-electron chi connectivity index (χ0n) is 14.5.